The predicted molar refractivity (Wildman–Crippen MR) is 136 cm³/mol. The van der Waals surface area contributed by atoms with Gasteiger partial charge in [0.1, 0.15) is 0 Å². The van der Waals surface area contributed by atoms with Gasteiger partial charge in [0.25, 0.3) is 5.56 Å². The zero-order valence-corrected chi connectivity index (χ0v) is 20.5. The number of thioether (sulfide) groups is 1. The van der Waals surface area contributed by atoms with Gasteiger partial charge in [-0.1, -0.05) is 30.0 Å². The SMILES string of the molecule is Cc1cc(C)cc(-n2c(SCC(=O)Nc3ccc(S(C)(=O)=O)cc3)nc3ccccc3c2=O)c1. The van der Waals surface area contributed by atoms with Crippen molar-refractivity contribution in [1.82, 2.24) is 9.55 Å². The van der Waals surface area contributed by atoms with Gasteiger partial charge in [-0.2, -0.15) is 0 Å². The van der Waals surface area contributed by atoms with E-state index in [0.29, 0.717) is 27.4 Å². The maximum Gasteiger partial charge on any atom is 0.266 e. The number of nitrogens with zero attached hydrogens (tertiary/aromatic N) is 2. The highest BCUT2D eigenvalue weighted by Gasteiger charge is 2.16. The van der Waals surface area contributed by atoms with E-state index in [9.17, 15) is 18.0 Å². The molecule has 1 N–H and O–H groups in total. The minimum absolute atomic E-state index is 0.0173. The molecule has 0 fully saturated rings. The first-order valence-corrected chi connectivity index (χ1v) is 13.3. The van der Waals surface area contributed by atoms with Gasteiger partial charge in [0.2, 0.25) is 5.91 Å². The lowest BCUT2D eigenvalue weighted by molar-refractivity contribution is -0.113. The van der Waals surface area contributed by atoms with Gasteiger partial charge in [0.05, 0.1) is 27.2 Å². The Morgan fingerprint density at radius 1 is 1.00 bits per heavy atom. The molecular formula is C25H23N3O4S2. The van der Waals surface area contributed by atoms with Crippen LogP contribution in [-0.2, 0) is 14.6 Å². The van der Waals surface area contributed by atoms with Crippen LogP contribution in [0.3, 0.4) is 0 Å². The van der Waals surface area contributed by atoms with E-state index < -0.39 is 9.84 Å². The minimum atomic E-state index is -3.31. The first kappa shape index (κ1) is 23.7. The third-order valence-corrected chi connectivity index (χ3v) is 7.18. The number of para-hydroxylation sites is 1. The van der Waals surface area contributed by atoms with E-state index in [1.165, 1.54) is 12.1 Å². The van der Waals surface area contributed by atoms with Crippen LogP contribution in [0.25, 0.3) is 16.6 Å². The van der Waals surface area contributed by atoms with Gasteiger partial charge in [-0.05, 0) is 73.5 Å². The van der Waals surface area contributed by atoms with Crippen LogP contribution in [0.5, 0.6) is 0 Å². The molecule has 34 heavy (non-hydrogen) atoms. The molecule has 174 valence electrons. The van der Waals surface area contributed by atoms with Crippen molar-refractivity contribution in [2.24, 2.45) is 0 Å². The molecule has 0 spiro atoms. The van der Waals surface area contributed by atoms with Gasteiger partial charge < -0.3 is 5.32 Å². The second-order valence-corrected chi connectivity index (χ2v) is 11.0. The number of carbonyl (C=O) groups excluding carboxylic acids is 1. The number of hydrogen-bond acceptors (Lipinski definition) is 6. The Bertz CT molecular complexity index is 1540. The standard InChI is InChI=1S/C25H23N3O4S2/c1-16-12-17(2)14-19(13-16)28-24(30)21-6-4-5-7-22(21)27-25(28)33-15-23(29)26-18-8-10-20(11-9-18)34(3,31)32/h4-14H,15H2,1-3H3,(H,26,29). The molecule has 4 rings (SSSR count). The van der Waals surface area contributed by atoms with Gasteiger partial charge in [0.15, 0.2) is 15.0 Å². The first-order valence-electron chi connectivity index (χ1n) is 10.4. The molecule has 0 aliphatic rings. The predicted octanol–water partition coefficient (Wildman–Crippen LogP) is 4.14. The number of nitrogens with one attached hydrogen (secondary N) is 1. The van der Waals surface area contributed by atoms with E-state index >= 15 is 0 Å². The Labute approximate surface area is 201 Å². The fraction of sp³-hybridized carbons (Fsp3) is 0.160. The summed E-state index contributed by atoms with van der Waals surface area (Å²) < 4.78 is 24.8. The molecule has 3 aromatic carbocycles. The summed E-state index contributed by atoms with van der Waals surface area (Å²) in [7, 11) is -3.31. The van der Waals surface area contributed by atoms with Crippen molar-refractivity contribution in [3.05, 3.63) is 88.2 Å². The lowest BCUT2D eigenvalue weighted by Gasteiger charge is -2.14. The first-order chi connectivity index (χ1) is 16.1. The number of sulfone groups is 1. The monoisotopic (exact) mass is 493 g/mol. The second kappa shape index (κ2) is 9.44. The van der Waals surface area contributed by atoms with Crippen LogP contribution in [0.4, 0.5) is 5.69 Å². The molecule has 0 saturated carbocycles. The van der Waals surface area contributed by atoms with E-state index in [1.807, 2.05) is 38.1 Å². The van der Waals surface area contributed by atoms with Crippen molar-refractivity contribution in [3.8, 4) is 5.69 Å². The number of hydrogen-bond donors (Lipinski definition) is 1. The number of carbonyl (C=O) groups is 1. The average molecular weight is 494 g/mol. The highest BCUT2D eigenvalue weighted by molar-refractivity contribution is 7.99. The molecule has 0 unspecified atom stereocenters. The highest BCUT2D eigenvalue weighted by Crippen LogP contribution is 2.23. The Morgan fingerprint density at radius 2 is 1.65 bits per heavy atom. The minimum Gasteiger partial charge on any atom is -0.325 e. The third-order valence-electron chi connectivity index (χ3n) is 5.11. The lowest BCUT2D eigenvalue weighted by Crippen LogP contribution is -2.23. The van der Waals surface area contributed by atoms with Crippen LogP contribution in [0.15, 0.2) is 81.6 Å². The van der Waals surface area contributed by atoms with Gasteiger partial charge in [0, 0.05) is 11.9 Å². The summed E-state index contributed by atoms with van der Waals surface area (Å²) in [5.74, 6) is -0.282. The molecule has 9 heteroatoms. The van der Waals surface area contributed by atoms with E-state index in [1.54, 1.807) is 34.9 Å². The largest absolute Gasteiger partial charge is 0.325 e. The van der Waals surface area contributed by atoms with Crippen molar-refractivity contribution >= 4 is 44.1 Å². The number of anilines is 1. The molecule has 0 saturated heterocycles. The number of benzene rings is 3. The van der Waals surface area contributed by atoms with E-state index in [4.69, 9.17) is 0 Å². The van der Waals surface area contributed by atoms with Crippen LogP contribution in [-0.4, -0.2) is 35.9 Å². The van der Waals surface area contributed by atoms with Crippen LogP contribution >= 0.6 is 11.8 Å². The maximum absolute atomic E-state index is 13.4. The van der Waals surface area contributed by atoms with Gasteiger partial charge >= 0.3 is 0 Å². The zero-order chi connectivity index (χ0) is 24.5. The molecule has 0 bridgehead atoms. The van der Waals surface area contributed by atoms with Crippen molar-refractivity contribution in [2.45, 2.75) is 23.9 Å². The summed E-state index contributed by atoms with van der Waals surface area (Å²) in [6.07, 6.45) is 1.13. The smallest absolute Gasteiger partial charge is 0.266 e. The number of fused-ring (bicyclic) bond motifs is 1. The molecule has 7 nitrogen and oxygen atoms in total. The number of aromatic nitrogens is 2. The summed E-state index contributed by atoms with van der Waals surface area (Å²) in [5, 5.41) is 3.66. The van der Waals surface area contributed by atoms with Gasteiger partial charge in [-0.25, -0.2) is 13.4 Å². The number of amides is 1. The third kappa shape index (κ3) is 5.21. The Kier molecular flexibility index (Phi) is 6.58. The topological polar surface area (TPSA) is 98.1 Å². The quantitative estimate of drug-likeness (QED) is 0.320. The second-order valence-electron chi connectivity index (χ2n) is 8.03. The fourth-order valence-corrected chi connectivity index (χ4v) is 5.07. The fourth-order valence-electron chi connectivity index (χ4n) is 3.63. The molecule has 0 aliphatic carbocycles. The van der Waals surface area contributed by atoms with Gasteiger partial charge in [-0.15, -0.1) is 0 Å². The van der Waals surface area contributed by atoms with Crippen LogP contribution in [0, 0.1) is 13.8 Å². The summed E-state index contributed by atoms with van der Waals surface area (Å²) >= 11 is 1.16. The van der Waals surface area contributed by atoms with Crippen molar-refractivity contribution in [2.75, 3.05) is 17.3 Å². The molecule has 1 aromatic heterocycles. The van der Waals surface area contributed by atoms with Gasteiger partial charge in [-0.3, -0.25) is 14.2 Å². The Hall–Kier alpha value is -3.43. The van der Waals surface area contributed by atoms with E-state index in [0.717, 1.165) is 29.1 Å². The molecular weight excluding hydrogens is 470 g/mol. The summed E-state index contributed by atoms with van der Waals surface area (Å²) in [5.41, 5.74) is 3.57. The van der Waals surface area contributed by atoms with Crippen molar-refractivity contribution in [3.63, 3.8) is 0 Å². The van der Waals surface area contributed by atoms with Crippen LogP contribution < -0.4 is 10.9 Å². The summed E-state index contributed by atoms with van der Waals surface area (Å²) in [4.78, 5) is 30.8. The Morgan fingerprint density at radius 3 is 2.29 bits per heavy atom. The average Bonchev–Trinajstić information content (AvgIpc) is 2.77. The molecule has 1 amide bonds. The lowest BCUT2D eigenvalue weighted by atomic mass is 10.1. The van der Waals surface area contributed by atoms with Crippen LogP contribution in [0.1, 0.15) is 11.1 Å². The zero-order valence-electron chi connectivity index (χ0n) is 18.9. The molecule has 0 aliphatic heterocycles. The van der Waals surface area contributed by atoms with E-state index in [2.05, 4.69) is 10.3 Å². The van der Waals surface area contributed by atoms with Crippen molar-refractivity contribution < 1.29 is 13.2 Å². The Balaban J connectivity index is 1.63. The number of aryl methyl sites for hydroxylation is 2. The van der Waals surface area contributed by atoms with Crippen LogP contribution in [0.2, 0.25) is 0 Å². The molecule has 0 radical (unpaired) electrons. The summed E-state index contributed by atoms with van der Waals surface area (Å²) in [6.45, 7) is 3.93. The van der Waals surface area contributed by atoms with Crippen molar-refractivity contribution in [1.29, 1.82) is 0 Å². The normalized spacial score (nSPS) is 11.5. The van der Waals surface area contributed by atoms with E-state index in [-0.39, 0.29) is 22.1 Å². The molecule has 1 heterocycles. The maximum atomic E-state index is 13.4. The molecule has 4 aromatic rings. The highest BCUT2D eigenvalue weighted by atomic mass is 32.2. The summed E-state index contributed by atoms with van der Waals surface area (Å²) in [6, 6.07) is 19.0. The molecule has 0 atom stereocenters. The number of rotatable bonds is 6.